The van der Waals surface area contributed by atoms with Gasteiger partial charge in [-0.25, -0.2) is 18.1 Å². The number of aromatic nitrogens is 2. The van der Waals surface area contributed by atoms with E-state index in [1.807, 2.05) is 0 Å². The van der Waals surface area contributed by atoms with E-state index in [1.54, 1.807) is 26.2 Å². The number of anilines is 1. The third-order valence-corrected chi connectivity index (χ3v) is 4.88. The summed E-state index contributed by atoms with van der Waals surface area (Å²) in [6.45, 7) is 3.44. The maximum absolute atomic E-state index is 12.3. The molecule has 1 aromatic heterocycles. The zero-order chi connectivity index (χ0) is 14.9. The molecule has 1 unspecified atom stereocenters. The fourth-order valence-electron chi connectivity index (χ4n) is 1.74. The number of hydrogen-bond acceptors (Lipinski definition) is 4. The minimum Gasteiger partial charge on any atom is -0.398 e. The van der Waals surface area contributed by atoms with Crippen LogP contribution in [-0.2, 0) is 10.0 Å². The number of halogens is 1. The van der Waals surface area contributed by atoms with Crippen molar-refractivity contribution in [3.63, 3.8) is 0 Å². The Balaban J connectivity index is 2.34. The molecule has 0 spiro atoms. The molecule has 2 aromatic rings. The van der Waals surface area contributed by atoms with Crippen molar-refractivity contribution in [3.05, 3.63) is 40.9 Å². The Labute approximate surface area is 122 Å². The number of H-pyrrole nitrogens is 1. The highest BCUT2D eigenvalue weighted by Gasteiger charge is 2.23. The average Bonchev–Trinajstić information content (AvgIpc) is 2.86. The second-order valence-electron chi connectivity index (χ2n) is 4.46. The zero-order valence-electron chi connectivity index (χ0n) is 11.0. The van der Waals surface area contributed by atoms with Gasteiger partial charge in [0, 0.05) is 18.1 Å². The van der Waals surface area contributed by atoms with Gasteiger partial charge in [0.25, 0.3) is 0 Å². The number of nitrogens with one attached hydrogen (secondary N) is 2. The van der Waals surface area contributed by atoms with Crippen LogP contribution in [-0.4, -0.2) is 18.4 Å². The molecule has 1 atom stereocenters. The molecule has 6 nitrogen and oxygen atoms in total. The van der Waals surface area contributed by atoms with E-state index in [9.17, 15) is 8.42 Å². The number of nitrogens with zero attached hydrogens (tertiary/aromatic N) is 1. The first-order valence-corrected chi connectivity index (χ1v) is 7.74. The van der Waals surface area contributed by atoms with Crippen molar-refractivity contribution in [1.82, 2.24) is 14.7 Å². The molecule has 0 saturated heterocycles. The summed E-state index contributed by atoms with van der Waals surface area (Å²) in [5.41, 5.74) is 6.85. The number of aromatic amines is 1. The van der Waals surface area contributed by atoms with E-state index >= 15 is 0 Å². The summed E-state index contributed by atoms with van der Waals surface area (Å²) in [5, 5.41) is 0.135. The maximum atomic E-state index is 12.3. The molecule has 20 heavy (non-hydrogen) atoms. The van der Waals surface area contributed by atoms with Gasteiger partial charge in [0.15, 0.2) is 0 Å². The quantitative estimate of drug-likeness (QED) is 0.751. The predicted molar refractivity (Wildman–Crippen MR) is 77.9 cm³/mol. The van der Waals surface area contributed by atoms with Crippen molar-refractivity contribution >= 4 is 27.3 Å². The third-order valence-electron chi connectivity index (χ3n) is 2.87. The van der Waals surface area contributed by atoms with Crippen molar-refractivity contribution in [3.8, 4) is 0 Å². The van der Waals surface area contributed by atoms with Crippen LogP contribution in [0.25, 0.3) is 0 Å². The Morgan fingerprint density at radius 1 is 1.45 bits per heavy atom. The van der Waals surface area contributed by atoms with Gasteiger partial charge < -0.3 is 10.7 Å². The molecule has 0 aliphatic carbocycles. The summed E-state index contributed by atoms with van der Waals surface area (Å²) >= 11 is 6.00. The van der Waals surface area contributed by atoms with E-state index in [2.05, 4.69) is 14.7 Å². The smallest absolute Gasteiger partial charge is 0.242 e. The first-order valence-electron chi connectivity index (χ1n) is 5.88. The van der Waals surface area contributed by atoms with Gasteiger partial charge in [-0.1, -0.05) is 11.6 Å². The van der Waals surface area contributed by atoms with E-state index in [-0.39, 0.29) is 9.92 Å². The monoisotopic (exact) mass is 314 g/mol. The third kappa shape index (κ3) is 2.95. The summed E-state index contributed by atoms with van der Waals surface area (Å²) in [6.07, 6.45) is 3.17. The molecule has 0 aliphatic rings. The van der Waals surface area contributed by atoms with Crippen LogP contribution in [0.3, 0.4) is 0 Å². The summed E-state index contributed by atoms with van der Waals surface area (Å²) in [6, 6.07) is 2.38. The lowest BCUT2D eigenvalue weighted by Crippen LogP contribution is -2.28. The van der Waals surface area contributed by atoms with Crippen LogP contribution in [0.2, 0.25) is 5.02 Å². The van der Waals surface area contributed by atoms with Gasteiger partial charge in [-0.15, -0.1) is 0 Å². The number of rotatable bonds is 4. The molecule has 0 bridgehead atoms. The average molecular weight is 315 g/mol. The van der Waals surface area contributed by atoms with Crippen LogP contribution < -0.4 is 10.5 Å². The Kier molecular flexibility index (Phi) is 4.03. The first kappa shape index (κ1) is 14.8. The largest absolute Gasteiger partial charge is 0.398 e. The van der Waals surface area contributed by atoms with Crippen molar-refractivity contribution in [2.45, 2.75) is 24.8 Å². The molecular weight excluding hydrogens is 300 g/mol. The molecule has 1 aromatic carbocycles. The summed E-state index contributed by atoms with van der Waals surface area (Å²) in [5.74, 6) is 0.518. The highest BCUT2D eigenvalue weighted by Crippen LogP contribution is 2.27. The van der Waals surface area contributed by atoms with Crippen LogP contribution in [0.5, 0.6) is 0 Å². The van der Waals surface area contributed by atoms with E-state index in [4.69, 9.17) is 17.3 Å². The highest BCUT2D eigenvalue weighted by atomic mass is 35.5. The molecule has 0 fully saturated rings. The van der Waals surface area contributed by atoms with Gasteiger partial charge in [-0.3, -0.25) is 0 Å². The van der Waals surface area contributed by atoms with E-state index < -0.39 is 16.1 Å². The van der Waals surface area contributed by atoms with Crippen molar-refractivity contribution in [1.29, 1.82) is 0 Å². The molecule has 1 heterocycles. The van der Waals surface area contributed by atoms with Gasteiger partial charge >= 0.3 is 0 Å². The molecule has 4 N–H and O–H groups in total. The molecule has 0 radical (unpaired) electrons. The highest BCUT2D eigenvalue weighted by molar-refractivity contribution is 7.89. The molecule has 0 aliphatic heterocycles. The second-order valence-corrected chi connectivity index (χ2v) is 6.55. The van der Waals surface area contributed by atoms with Crippen molar-refractivity contribution < 1.29 is 8.42 Å². The van der Waals surface area contributed by atoms with Crippen LogP contribution in [0, 0.1) is 6.92 Å². The number of aryl methyl sites for hydroxylation is 1. The van der Waals surface area contributed by atoms with Gasteiger partial charge in [0.1, 0.15) is 10.7 Å². The fourth-order valence-corrected chi connectivity index (χ4v) is 3.57. The van der Waals surface area contributed by atoms with Crippen molar-refractivity contribution in [2.75, 3.05) is 5.73 Å². The number of benzene rings is 1. The first-order chi connectivity index (χ1) is 9.31. The normalized spacial score (nSPS) is 13.3. The van der Waals surface area contributed by atoms with Gasteiger partial charge in [-0.2, -0.15) is 0 Å². The van der Waals surface area contributed by atoms with E-state index in [0.29, 0.717) is 11.5 Å². The van der Waals surface area contributed by atoms with Crippen LogP contribution >= 0.6 is 11.6 Å². The minimum atomic E-state index is -3.78. The second kappa shape index (κ2) is 5.43. The Hall–Kier alpha value is -1.57. The SMILES string of the molecule is Cc1cc(Cl)c(S(=O)(=O)NC(C)c2ncc[nH]2)cc1N. The predicted octanol–water partition coefficient (Wildman–Crippen LogP) is 1.99. The van der Waals surface area contributed by atoms with Crippen LogP contribution in [0.4, 0.5) is 5.69 Å². The Morgan fingerprint density at radius 3 is 2.75 bits per heavy atom. The number of nitrogens with two attached hydrogens (primary N) is 1. The maximum Gasteiger partial charge on any atom is 0.242 e. The lowest BCUT2D eigenvalue weighted by Gasteiger charge is -2.14. The number of hydrogen-bond donors (Lipinski definition) is 3. The lowest BCUT2D eigenvalue weighted by molar-refractivity contribution is 0.561. The minimum absolute atomic E-state index is 0.0410. The summed E-state index contributed by atoms with van der Waals surface area (Å²) in [7, 11) is -3.78. The topological polar surface area (TPSA) is 101 Å². The summed E-state index contributed by atoms with van der Waals surface area (Å²) in [4.78, 5) is 6.82. The van der Waals surface area contributed by atoms with Gasteiger partial charge in [0.2, 0.25) is 10.0 Å². The zero-order valence-corrected chi connectivity index (χ0v) is 12.6. The van der Waals surface area contributed by atoms with Crippen LogP contribution in [0.1, 0.15) is 24.4 Å². The molecule has 0 amide bonds. The number of imidazole rings is 1. The number of nitrogen functional groups attached to an aromatic ring is 1. The van der Waals surface area contributed by atoms with Gasteiger partial charge in [0.05, 0.1) is 11.1 Å². The standard InChI is InChI=1S/C12H15ClN4O2S/c1-7-5-9(13)11(6-10(7)14)20(18,19)17-8(2)12-15-3-4-16-12/h3-6,8,17H,14H2,1-2H3,(H,15,16). The fraction of sp³-hybridized carbons (Fsp3) is 0.250. The molecule has 108 valence electrons. The van der Waals surface area contributed by atoms with Gasteiger partial charge in [-0.05, 0) is 31.5 Å². The van der Waals surface area contributed by atoms with E-state index in [0.717, 1.165) is 5.56 Å². The number of sulfonamides is 1. The molecule has 8 heteroatoms. The van der Waals surface area contributed by atoms with Crippen molar-refractivity contribution in [2.24, 2.45) is 0 Å². The Morgan fingerprint density at radius 2 is 2.15 bits per heavy atom. The Bertz CT molecular complexity index is 713. The van der Waals surface area contributed by atoms with E-state index in [1.165, 1.54) is 12.1 Å². The molecular formula is C12H15ClN4O2S. The molecule has 0 saturated carbocycles. The molecule has 2 rings (SSSR count). The summed E-state index contributed by atoms with van der Waals surface area (Å²) < 4.78 is 27.2. The van der Waals surface area contributed by atoms with Crippen LogP contribution in [0.15, 0.2) is 29.4 Å². The lowest BCUT2D eigenvalue weighted by atomic mass is 10.2.